The number of hydrogen-bond acceptors (Lipinski definition) is 6. The van der Waals surface area contributed by atoms with Gasteiger partial charge in [-0.1, -0.05) is 19.0 Å². The minimum absolute atomic E-state index is 0.187. The largest absolute Gasteiger partial charge is 0.456 e. The molecule has 0 rings (SSSR count). The van der Waals surface area contributed by atoms with Crippen LogP contribution in [0.15, 0.2) is 12.2 Å². The van der Waals surface area contributed by atoms with Crippen molar-refractivity contribution in [3.05, 3.63) is 12.2 Å². The number of carbonyl (C=O) groups excluding carboxylic acids is 1. The molecule has 152 valence electrons. The summed E-state index contributed by atoms with van der Waals surface area (Å²) in [5, 5.41) is 19.0. The summed E-state index contributed by atoms with van der Waals surface area (Å²) in [6, 6.07) is 0.846. The number of aliphatic hydroxyl groups excluding tert-OH is 2. The van der Waals surface area contributed by atoms with Gasteiger partial charge in [0.1, 0.15) is 27.6 Å². The zero-order valence-corrected chi connectivity index (χ0v) is 20.3. The van der Waals surface area contributed by atoms with Crippen molar-refractivity contribution < 1.29 is 28.6 Å². The van der Waals surface area contributed by atoms with Crippen LogP contribution in [0.25, 0.3) is 0 Å². The molecule has 0 fully saturated rings. The van der Waals surface area contributed by atoms with E-state index in [1.165, 1.54) is 0 Å². The minimum Gasteiger partial charge on any atom is -0.456 e. The number of rotatable bonds is 13. The molecule has 26 heavy (non-hydrogen) atoms. The third kappa shape index (κ3) is 13.0. The summed E-state index contributed by atoms with van der Waals surface area (Å²) in [5.41, 5.74) is 0.272. The van der Waals surface area contributed by atoms with Crippen LogP contribution >= 0.6 is 0 Å². The van der Waals surface area contributed by atoms with Crippen LogP contribution < -0.4 is 0 Å². The first-order chi connectivity index (χ1) is 11.7. The summed E-state index contributed by atoms with van der Waals surface area (Å²) >= 11 is 0. The van der Waals surface area contributed by atoms with Crippen molar-refractivity contribution in [2.75, 3.05) is 6.61 Å². The highest BCUT2D eigenvalue weighted by Crippen LogP contribution is 2.17. The lowest BCUT2D eigenvalue weighted by Gasteiger charge is -2.31. The van der Waals surface area contributed by atoms with E-state index >= 15 is 0 Å². The molecular formula is C17H36O6Si3. The van der Waals surface area contributed by atoms with Crippen LogP contribution in [0.3, 0.4) is 0 Å². The van der Waals surface area contributed by atoms with E-state index in [-0.39, 0.29) is 11.5 Å². The molecule has 0 aliphatic heterocycles. The van der Waals surface area contributed by atoms with Gasteiger partial charge < -0.3 is 23.8 Å². The average molecular weight is 421 g/mol. The fourth-order valence-corrected chi connectivity index (χ4v) is 6.87. The fraction of sp³-hybridized carbons (Fsp3) is 0.824. The van der Waals surface area contributed by atoms with Crippen LogP contribution in [-0.2, 0) is 18.4 Å². The van der Waals surface area contributed by atoms with Gasteiger partial charge in [0, 0.05) is 5.57 Å². The Hall–Kier alpha value is -0.299. The molecule has 0 aromatic heterocycles. The molecule has 9 heteroatoms. The molecule has 6 nitrogen and oxygen atoms in total. The Bertz CT molecular complexity index is 429. The molecule has 0 amide bonds. The summed E-state index contributed by atoms with van der Waals surface area (Å²) in [6.45, 7) is 17.5. The van der Waals surface area contributed by atoms with Crippen LogP contribution in [0.4, 0.5) is 0 Å². The number of esters is 1. The average Bonchev–Trinajstić information content (AvgIpc) is 2.45. The molecule has 2 N–H and O–H groups in total. The van der Waals surface area contributed by atoms with Crippen LogP contribution in [-0.4, -0.2) is 67.1 Å². The molecule has 2 atom stereocenters. The van der Waals surface area contributed by atoms with E-state index in [0.29, 0.717) is 15.9 Å². The highest BCUT2D eigenvalue weighted by atomic mass is 28.4. The van der Waals surface area contributed by atoms with E-state index < -0.39 is 41.4 Å². The first-order valence-electron chi connectivity index (χ1n) is 8.99. The standard InChI is InChI=1S/C17H36O6Si3/c1-13(2)16(20)21-15(14(19)12-18)10-9-11-24-17(22-25(3,4)5)23-26(6,7)8/h14-15,17-19H,1,9-12H2,2-8H3. The van der Waals surface area contributed by atoms with Gasteiger partial charge in [-0.3, -0.25) is 0 Å². The number of ether oxygens (including phenoxy) is 1. The molecule has 0 aliphatic carbocycles. The van der Waals surface area contributed by atoms with Crippen LogP contribution in [0.5, 0.6) is 0 Å². The quantitative estimate of drug-likeness (QED) is 0.157. The van der Waals surface area contributed by atoms with E-state index in [4.69, 9.17) is 18.7 Å². The van der Waals surface area contributed by atoms with Crippen molar-refractivity contribution in [2.24, 2.45) is 0 Å². The first-order valence-corrected chi connectivity index (χ1v) is 17.1. The van der Waals surface area contributed by atoms with Gasteiger partial charge in [0.25, 0.3) is 0 Å². The first kappa shape index (κ1) is 25.7. The number of hydrogen-bond donors (Lipinski definition) is 2. The Morgan fingerprint density at radius 2 is 1.62 bits per heavy atom. The van der Waals surface area contributed by atoms with Gasteiger partial charge in [-0.15, -0.1) is 0 Å². The second kappa shape index (κ2) is 11.5. The molecule has 0 saturated carbocycles. The van der Waals surface area contributed by atoms with Gasteiger partial charge in [-0.05, 0) is 52.6 Å². The minimum atomic E-state index is -1.71. The molecular weight excluding hydrogens is 384 g/mol. The zero-order valence-electron chi connectivity index (χ0n) is 17.3. The summed E-state index contributed by atoms with van der Waals surface area (Å²) in [5.74, 6) is -0.737. The molecule has 0 heterocycles. The van der Waals surface area contributed by atoms with E-state index in [9.17, 15) is 9.90 Å². The number of aliphatic hydroxyl groups is 2. The maximum Gasteiger partial charge on any atom is 0.333 e. The van der Waals surface area contributed by atoms with Gasteiger partial charge in [0.15, 0.2) is 16.6 Å². The van der Waals surface area contributed by atoms with Crippen molar-refractivity contribution in [2.45, 2.75) is 83.2 Å². The third-order valence-electron chi connectivity index (χ3n) is 3.12. The van der Waals surface area contributed by atoms with Gasteiger partial charge in [0.2, 0.25) is 0 Å². The van der Waals surface area contributed by atoms with Gasteiger partial charge in [-0.25, -0.2) is 4.79 Å². The molecule has 0 aliphatic rings. The molecule has 0 spiro atoms. The Kier molecular flexibility index (Phi) is 11.4. The maximum atomic E-state index is 11.7. The Morgan fingerprint density at radius 1 is 1.12 bits per heavy atom. The molecule has 2 radical (unpaired) electrons. The highest BCUT2D eigenvalue weighted by Gasteiger charge is 2.28. The van der Waals surface area contributed by atoms with E-state index in [1.54, 1.807) is 6.92 Å². The Labute approximate surface area is 163 Å². The van der Waals surface area contributed by atoms with Crippen LogP contribution in [0.2, 0.25) is 45.3 Å². The molecule has 0 saturated heterocycles. The Morgan fingerprint density at radius 3 is 2.00 bits per heavy atom. The van der Waals surface area contributed by atoms with Crippen molar-refractivity contribution in [3.63, 3.8) is 0 Å². The van der Waals surface area contributed by atoms with Crippen molar-refractivity contribution in [3.8, 4) is 0 Å². The Balaban J connectivity index is 4.60. The molecule has 2 unspecified atom stereocenters. The second-order valence-corrected chi connectivity index (χ2v) is 18.7. The van der Waals surface area contributed by atoms with Crippen molar-refractivity contribution in [1.29, 1.82) is 0 Å². The lowest BCUT2D eigenvalue weighted by atomic mass is 10.1. The highest BCUT2D eigenvalue weighted by molar-refractivity contribution is 6.71. The smallest absolute Gasteiger partial charge is 0.333 e. The van der Waals surface area contributed by atoms with E-state index in [1.807, 2.05) is 0 Å². The van der Waals surface area contributed by atoms with Crippen LogP contribution in [0, 0.1) is 0 Å². The monoisotopic (exact) mass is 420 g/mol. The van der Waals surface area contributed by atoms with Crippen molar-refractivity contribution in [1.82, 2.24) is 0 Å². The van der Waals surface area contributed by atoms with Gasteiger partial charge in [0.05, 0.1) is 6.61 Å². The van der Waals surface area contributed by atoms with E-state index in [2.05, 4.69) is 45.9 Å². The summed E-state index contributed by atoms with van der Waals surface area (Å²) in [7, 11) is -2.94. The lowest BCUT2D eigenvalue weighted by molar-refractivity contribution is -0.152. The van der Waals surface area contributed by atoms with Gasteiger partial charge >= 0.3 is 5.97 Å². The normalized spacial score (nSPS) is 15.0. The SMILES string of the molecule is C=C(C)C(=O)OC(CCC[Si]C(O[Si](C)(C)C)O[Si](C)(C)C)C(O)CO. The predicted octanol–water partition coefficient (Wildman–Crippen LogP) is 2.72. The van der Waals surface area contributed by atoms with Crippen molar-refractivity contribution >= 4 is 32.1 Å². The topological polar surface area (TPSA) is 85.2 Å². The molecule has 0 bridgehead atoms. The second-order valence-electron chi connectivity index (χ2n) is 8.36. The summed E-state index contributed by atoms with van der Waals surface area (Å²) in [6.07, 6.45) is -0.609. The molecule has 0 aromatic carbocycles. The van der Waals surface area contributed by atoms with Crippen LogP contribution in [0.1, 0.15) is 19.8 Å². The third-order valence-corrected chi connectivity index (χ3v) is 6.65. The van der Waals surface area contributed by atoms with Gasteiger partial charge in [-0.2, -0.15) is 0 Å². The summed E-state index contributed by atoms with van der Waals surface area (Å²) in [4.78, 5) is 11.7. The molecule has 0 aromatic rings. The fourth-order valence-electron chi connectivity index (χ4n) is 1.96. The zero-order chi connectivity index (χ0) is 20.5. The summed E-state index contributed by atoms with van der Waals surface area (Å²) < 4.78 is 17.6. The van der Waals surface area contributed by atoms with E-state index in [0.717, 1.165) is 12.5 Å². The number of carbonyl (C=O) groups is 1. The predicted molar refractivity (Wildman–Crippen MR) is 110 cm³/mol. The maximum absolute atomic E-state index is 11.7. The lowest BCUT2D eigenvalue weighted by Crippen LogP contribution is -2.43.